The molecule has 1 aliphatic rings. The largest absolute Gasteiger partial charge is 0.492 e. The number of hydrogen-bond acceptors (Lipinski definition) is 4. The molecule has 1 heterocycles. The van der Waals surface area contributed by atoms with Crippen molar-refractivity contribution in [3.8, 4) is 5.75 Å². The number of nitrogens with zero attached hydrogens (tertiary/aromatic N) is 1. The molecule has 0 aliphatic carbocycles. The number of morpholine rings is 1. The van der Waals surface area contributed by atoms with Gasteiger partial charge < -0.3 is 20.1 Å². The first-order valence-corrected chi connectivity index (χ1v) is 8.17. The van der Waals surface area contributed by atoms with Crippen LogP contribution in [-0.4, -0.2) is 63.0 Å². The third kappa shape index (κ3) is 6.88. The average molecular weight is 321 g/mol. The first-order chi connectivity index (χ1) is 11.1. The Morgan fingerprint density at radius 2 is 2.00 bits per heavy atom. The van der Waals surface area contributed by atoms with E-state index in [1.54, 1.807) is 0 Å². The number of nitrogens with one attached hydrogen (secondary N) is 2. The lowest BCUT2D eigenvalue weighted by Gasteiger charge is -2.29. The van der Waals surface area contributed by atoms with Crippen LogP contribution >= 0.6 is 0 Å². The van der Waals surface area contributed by atoms with Crippen LogP contribution < -0.4 is 15.4 Å². The lowest BCUT2D eigenvalue weighted by atomic mass is 10.2. The highest BCUT2D eigenvalue weighted by Crippen LogP contribution is 2.10. The summed E-state index contributed by atoms with van der Waals surface area (Å²) >= 11 is 0. The Balaban J connectivity index is 1.56. The van der Waals surface area contributed by atoms with Crippen LogP contribution in [0.1, 0.15) is 12.5 Å². The zero-order valence-electron chi connectivity index (χ0n) is 14.0. The van der Waals surface area contributed by atoms with Crippen molar-refractivity contribution < 1.29 is 14.3 Å². The van der Waals surface area contributed by atoms with Crippen molar-refractivity contribution in [1.29, 1.82) is 0 Å². The zero-order valence-corrected chi connectivity index (χ0v) is 14.0. The van der Waals surface area contributed by atoms with E-state index in [2.05, 4.69) is 15.5 Å². The molecule has 0 saturated carbocycles. The van der Waals surface area contributed by atoms with Crippen LogP contribution in [0.2, 0.25) is 0 Å². The van der Waals surface area contributed by atoms with Gasteiger partial charge in [0, 0.05) is 25.7 Å². The summed E-state index contributed by atoms with van der Waals surface area (Å²) in [6.45, 7) is 9.22. The molecule has 0 bridgehead atoms. The van der Waals surface area contributed by atoms with Gasteiger partial charge in [-0.3, -0.25) is 4.90 Å². The van der Waals surface area contributed by atoms with E-state index in [9.17, 15) is 4.79 Å². The van der Waals surface area contributed by atoms with E-state index in [1.807, 2.05) is 38.1 Å². The molecule has 1 saturated heterocycles. The second-order valence-corrected chi connectivity index (χ2v) is 5.88. The maximum atomic E-state index is 11.8. The summed E-state index contributed by atoms with van der Waals surface area (Å²) in [5, 5.41) is 5.76. The summed E-state index contributed by atoms with van der Waals surface area (Å²) < 4.78 is 10.9. The van der Waals surface area contributed by atoms with Crippen LogP contribution in [0, 0.1) is 6.92 Å². The van der Waals surface area contributed by atoms with E-state index in [4.69, 9.17) is 9.47 Å². The van der Waals surface area contributed by atoms with Crippen LogP contribution in [0.15, 0.2) is 24.3 Å². The summed E-state index contributed by atoms with van der Waals surface area (Å²) in [7, 11) is 0. The second kappa shape index (κ2) is 9.37. The Morgan fingerprint density at radius 1 is 1.30 bits per heavy atom. The molecule has 1 aliphatic heterocycles. The molecule has 0 spiro atoms. The summed E-state index contributed by atoms with van der Waals surface area (Å²) in [5.41, 5.74) is 1.20. The predicted molar refractivity (Wildman–Crippen MR) is 89.9 cm³/mol. The monoisotopic (exact) mass is 321 g/mol. The smallest absolute Gasteiger partial charge is 0.315 e. The molecule has 1 atom stereocenters. The van der Waals surface area contributed by atoms with Gasteiger partial charge in [-0.2, -0.15) is 0 Å². The van der Waals surface area contributed by atoms with Gasteiger partial charge in [-0.05, 0) is 26.0 Å². The molecular weight excluding hydrogens is 294 g/mol. The summed E-state index contributed by atoms with van der Waals surface area (Å²) in [6.07, 6.45) is 0. The first-order valence-electron chi connectivity index (χ1n) is 8.17. The zero-order chi connectivity index (χ0) is 16.5. The van der Waals surface area contributed by atoms with Gasteiger partial charge in [0.1, 0.15) is 12.4 Å². The molecule has 1 aromatic carbocycles. The minimum Gasteiger partial charge on any atom is -0.492 e. The maximum absolute atomic E-state index is 11.8. The van der Waals surface area contributed by atoms with E-state index in [0.717, 1.165) is 38.6 Å². The van der Waals surface area contributed by atoms with Crippen molar-refractivity contribution in [1.82, 2.24) is 15.5 Å². The molecule has 1 aromatic rings. The highest BCUT2D eigenvalue weighted by molar-refractivity contribution is 5.74. The van der Waals surface area contributed by atoms with Crippen LogP contribution in [0.5, 0.6) is 5.75 Å². The number of aryl methyl sites for hydroxylation is 1. The number of carbonyl (C=O) groups excluding carboxylic acids is 1. The van der Waals surface area contributed by atoms with Gasteiger partial charge in [0.2, 0.25) is 0 Å². The average Bonchev–Trinajstić information content (AvgIpc) is 2.54. The van der Waals surface area contributed by atoms with Crippen molar-refractivity contribution >= 4 is 6.03 Å². The van der Waals surface area contributed by atoms with E-state index in [1.165, 1.54) is 5.56 Å². The molecule has 2 rings (SSSR count). The molecule has 2 N–H and O–H groups in total. The van der Waals surface area contributed by atoms with Gasteiger partial charge in [0.25, 0.3) is 0 Å². The molecule has 6 heteroatoms. The second-order valence-electron chi connectivity index (χ2n) is 5.88. The van der Waals surface area contributed by atoms with Crippen molar-refractivity contribution in [3.63, 3.8) is 0 Å². The van der Waals surface area contributed by atoms with E-state index in [-0.39, 0.29) is 12.1 Å². The van der Waals surface area contributed by atoms with Gasteiger partial charge in [0.15, 0.2) is 0 Å². The van der Waals surface area contributed by atoms with Crippen LogP contribution in [0.25, 0.3) is 0 Å². The fourth-order valence-electron chi connectivity index (χ4n) is 2.46. The molecule has 0 aromatic heterocycles. The van der Waals surface area contributed by atoms with E-state index < -0.39 is 0 Å². The van der Waals surface area contributed by atoms with Gasteiger partial charge in [-0.25, -0.2) is 4.79 Å². The Hall–Kier alpha value is -1.79. The Bertz CT molecular complexity index is 472. The summed E-state index contributed by atoms with van der Waals surface area (Å²) in [6, 6.07) is 7.81. The Kier molecular flexibility index (Phi) is 7.16. The van der Waals surface area contributed by atoms with Gasteiger partial charge in [-0.1, -0.05) is 17.7 Å². The van der Waals surface area contributed by atoms with E-state index >= 15 is 0 Å². The number of rotatable bonds is 7. The van der Waals surface area contributed by atoms with Crippen LogP contribution in [-0.2, 0) is 4.74 Å². The minimum absolute atomic E-state index is 0.103. The number of carbonyl (C=O) groups is 1. The van der Waals surface area contributed by atoms with Gasteiger partial charge in [0.05, 0.1) is 19.8 Å². The minimum atomic E-state index is -0.154. The van der Waals surface area contributed by atoms with E-state index in [0.29, 0.717) is 13.2 Å². The number of hydrogen-bond donors (Lipinski definition) is 2. The fourth-order valence-corrected chi connectivity index (χ4v) is 2.46. The Labute approximate surface area is 138 Å². The molecule has 1 fully saturated rings. The maximum Gasteiger partial charge on any atom is 0.315 e. The molecule has 2 amide bonds. The standard InChI is InChI=1S/C17H27N3O3/c1-14-3-5-16(6-4-14)23-10-7-18-17(21)19-15(2)13-20-8-11-22-12-9-20/h3-6,15H,7-13H2,1-2H3,(H2,18,19,21). The number of benzene rings is 1. The van der Waals surface area contributed by atoms with Crippen LogP contribution in [0.4, 0.5) is 4.79 Å². The van der Waals surface area contributed by atoms with Crippen molar-refractivity contribution in [3.05, 3.63) is 29.8 Å². The summed E-state index contributed by atoms with van der Waals surface area (Å²) in [5.74, 6) is 0.818. The number of urea groups is 1. The molecule has 0 radical (unpaired) electrons. The van der Waals surface area contributed by atoms with Gasteiger partial charge in [-0.15, -0.1) is 0 Å². The number of ether oxygens (including phenoxy) is 2. The van der Waals surface area contributed by atoms with Crippen molar-refractivity contribution in [2.75, 3.05) is 46.0 Å². The van der Waals surface area contributed by atoms with Crippen molar-refractivity contribution in [2.24, 2.45) is 0 Å². The normalized spacial score (nSPS) is 16.6. The fraction of sp³-hybridized carbons (Fsp3) is 0.588. The van der Waals surface area contributed by atoms with Gasteiger partial charge >= 0.3 is 6.03 Å². The highest BCUT2D eigenvalue weighted by atomic mass is 16.5. The Morgan fingerprint density at radius 3 is 2.70 bits per heavy atom. The lowest BCUT2D eigenvalue weighted by molar-refractivity contribution is 0.0349. The van der Waals surface area contributed by atoms with Crippen molar-refractivity contribution in [2.45, 2.75) is 19.9 Å². The summed E-state index contributed by atoms with van der Waals surface area (Å²) in [4.78, 5) is 14.1. The highest BCUT2D eigenvalue weighted by Gasteiger charge is 2.14. The lowest BCUT2D eigenvalue weighted by Crippen LogP contribution is -2.49. The van der Waals surface area contributed by atoms with Crippen LogP contribution in [0.3, 0.4) is 0 Å². The topological polar surface area (TPSA) is 62.8 Å². The third-order valence-electron chi connectivity index (χ3n) is 3.69. The predicted octanol–water partition coefficient (Wildman–Crippen LogP) is 1.39. The third-order valence-corrected chi connectivity index (χ3v) is 3.69. The molecule has 1 unspecified atom stereocenters. The molecular formula is C17H27N3O3. The molecule has 128 valence electrons. The SMILES string of the molecule is Cc1ccc(OCCNC(=O)NC(C)CN2CCOCC2)cc1. The quantitative estimate of drug-likeness (QED) is 0.745. The molecule has 6 nitrogen and oxygen atoms in total. The molecule has 23 heavy (non-hydrogen) atoms. The number of amides is 2. The first kappa shape index (κ1) is 17.6.